The maximum atomic E-state index is 13.5. The van der Waals surface area contributed by atoms with Crippen LogP contribution in [-0.2, 0) is 9.53 Å². The number of fused-ring (bicyclic) bond motifs is 5. The molecule has 0 aromatic rings. The van der Waals surface area contributed by atoms with Crippen molar-refractivity contribution >= 4 is 5.78 Å². The molecular formula is C23H35NO3. The Morgan fingerprint density at radius 2 is 1.93 bits per heavy atom. The summed E-state index contributed by atoms with van der Waals surface area (Å²) in [5.74, 6) is 1.81. The fourth-order valence-corrected chi connectivity index (χ4v) is 7.77. The van der Waals surface area contributed by atoms with Crippen molar-refractivity contribution in [3.05, 3.63) is 0 Å². The minimum absolute atomic E-state index is 0.0307. The van der Waals surface area contributed by atoms with E-state index in [1.807, 2.05) is 13.8 Å². The van der Waals surface area contributed by atoms with Crippen LogP contribution in [0.4, 0.5) is 0 Å². The lowest BCUT2D eigenvalue weighted by atomic mass is 9.44. The maximum absolute atomic E-state index is 13.5. The van der Waals surface area contributed by atoms with Crippen LogP contribution in [0, 0.1) is 51.8 Å². The van der Waals surface area contributed by atoms with Crippen LogP contribution in [0.2, 0.25) is 0 Å². The molecule has 4 nitrogen and oxygen atoms in total. The zero-order chi connectivity index (χ0) is 19.6. The Bertz CT molecular complexity index is 654. The molecule has 1 N–H and O–H groups in total. The predicted octanol–water partition coefficient (Wildman–Crippen LogP) is 4.11. The van der Waals surface area contributed by atoms with E-state index < -0.39 is 6.10 Å². The molecule has 0 radical (unpaired) electrons. The van der Waals surface area contributed by atoms with E-state index in [0.717, 1.165) is 38.5 Å². The quantitative estimate of drug-likeness (QED) is 0.791. The summed E-state index contributed by atoms with van der Waals surface area (Å²) < 4.78 is 6.07. The molecule has 0 aromatic heterocycles. The van der Waals surface area contributed by atoms with Crippen molar-refractivity contribution in [2.45, 2.75) is 91.0 Å². The highest BCUT2D eigenvalue weighted by Gasteiger charge is 2.64. The van der Waals surface area contributed by atoms with Gasteiger partial charge in [-0.15, -0.1) is 0 Å². The Hall–Kier alpha value is -0.920. The average molecular weight is 374 g/mol. The molecule has 0 aliphatic heterocycles. The topological polar surface area (TPSA) is 70.3 Å². The van der Waals surface area contributed by atoms with Gasteiger partial charge in [-0.05, 0) is 81.0 Å². The number of nitrogens with zero attached hydrogens (tertiary/aromatic N) is 1. The molecule has 4 aliphatic rings. The number of rotatable bonds is 2. The molecule has 0 heterocycles. The van der Waals surface area contributed by atoms with E-state index in [2.05, 4.69) is 19.9 Å². The SMILES string of the molecule is CC(C)O[C@H]1C[C@@]2(C)[C@@H](CC[C@H]3[C@@H]4CC[C@H](C#N)[C@@]4(C)CC(=O)[C@@H]32)C[C@@H]1O. The van der Waals surface area contributed by atoms with Gasteiger partial charge in [-0.2, -0.15) is 5.26 Å². The molecule has 4 saturated carbocycles. The number of Topliss-reactive ketones (excluding diaryl/α,β-unsaturated/α-hetero) is 1. The number of hydrogen-bond donors (Lipinski definition) is 1. The van der Waals surface area contributed by atoms with Crippen LogP contribution < -0.4 is 0 Å². The van der Waals surface area contributed by atoms with Crippen LogP contribution in [-0.4, -0.2) is 29.2 Å². The monoisotopic (exact) mass is 373 g/mol. The van der Waals surface area contributed by atoms with Crippen molar-refractivity contribution in [1.29, 1.82) is 5.26 Å². The number of aliphatic hydroxyl groups is 1. The second-order valence-corrected chi connectivity index (χ2v) is 10.7. The highest BCUT2D eigenvalue weighted by atomic mass is 16.5. The highest BCUT2D eigenvalue weighted by molar-refractivity contribution is 5.84. The highest BCUT2D eigenvalue weighted by Crippen LogP contribution is 2.66. The summed E-state index contributed by atoms with van der Waals surface area (Å²) in [6, 6.07) is 2.51. The molecule has 0 aromatic carbocycles. The van der Waals surface area contributed by atoms with Crippen molar-refractivity contribution in [2.24, 2.45) is 40.4 Å². The van der Waals surface area contributed by atoms with Crippen LogP contribution in [0.3, 0.4) is 0 Å². The number of nitriles is 1. The molecule has 4 aliphatic carbocycles. The van der Waals surface area contributed by atoms with Gasteiger partial charge in [0.05, 0.1) is 30.3 Å². The van der Waals surface area contributed by atoms with Crippen molar-refractivity contribution in [2.75, 3.05) is 0 Å². The lowest BCUT2D eigenvalue weighted by molar-refractivity contribution is -0.184. The Labute approximate surface area is 163 Å². The van der Waals surface area contributed by atoms with E-state index in [1.165, 1.54) is 0 Å². The number of ether oxygens (including phenoxy) is 1. The van der Waals surface area contributed by atoms with Crippen LogP contribution in [0.1, 0.15) is 72.6 Å². The van der Waals surface area contributed by atoms with Gasteiger partial charge in [-0.1, -0.05) is 13.8 Å². The number of aliphatic hydroxyl groups excluding tert-OH is 1. The molecule has 0 saturated heterocycles. The third kappa shape index (κ3) is 2.80. The maximum Gasteiger partial charge on any atom is 0.137 e. The first-order chi connectivity index (χ1) is 12.7. The molecule has 4 heteroatoms. The second kappa shape index (κ2) is 6.56. The third-order valence-electron chi connectivity index (χ3n) is 8.95. The standard InChI is InChI=1S/C23H35NO3/c1-13(2)27-20-11-23(4)14(9-18(20)25)5-7-16-17-8-6-15(12-24)22(17,3)10-19(26)21(16)23/h13-18,20-21,25H,5-11H2,1-4H3/t14-,15+,16-,17-,18-,20-,21+,22+,23-/m0/s1. The van der Waals surface area contributed by atoms with E-state index in [4.69, 9.17) is 4.74 Å². The molecule has 4 rings (SSSR count). The van der Waals surface area contributed by atoms with Gasteiger partial charge in [0.15, 0.2) is 0 Å². The average Bonchev–Trinajstić information content (AvgIpc) is 2.91. The summed E-state index contributed by atoms with van der Waals surface area (Å²) in [6.45, 7) is 8.54. The molecule has 4 fully saturated rings. The van der Waals surface area contributed by atoms with Gasteiger partial charge in [0.2, 0.25) is 0 Å². The minimum atomic E-state index is -0.416. The zero-order valence-corrected chi connectivity index (χ0v) is 17.3. The van der Waals surface area contributed by atoms with Crippen molar-refractivity contribution < 1.29 is 14.6 Å². The van der Waals surface area contributed by atoms with E-state index >= 15 is 0 Å². The fourth-order valence-electron chi connectivity index (χ4n) is 7.77. The van der Waals surface area contributed by atoms with E-state index in [9.17, 15) is 15.2 Å². The number of carbonyl (C=O) groups excluding carboxylic acids is 1. The normalized spacial score (nSPS) is 52.0. The molecule has 9 atom stereocenters. The van der Waals surface area contributed by atoms with Gasteiger partial charge >= 0.3 is 0 Å². The first kappa shape index (κ1) is 19.4. The lowest BCUT2D eigenvalue weighted by Crippen LogP contribution is -2.60. The molecule has 27 heavy (non-hydrogen) atoms. The fraction of sp³-hybridized carbons (Fsp3) is 0.913. The zero-order valence-electron chi connectivity index (χ0n) is 17.3. The number of hydrogen-bond acceptors (Lipinski definition) is 4. The largest absolute Gasteiger partial charge is 0.390 e. The van der Waals surface area contributed by atoms with Gasteiger partial charge in [-0.3, -0.25) is 4.79 Å². The molecular weight excluding hydrogens is 338 g/mol. The Morgan fingerprint density at radius 1 is 1.19 bits per heavy atom. The van der Waals surface area contributed by atoms with E-state index in [1.54, 1.807) is 0 Å². The summed E-state index contributed by atoms with van der Waals surface area (Å²) in [4.78, 5) is 13.5. The van der Waals surface area contributed by atoms with Gasteiger partial charge in [-0.25, -0.2) is 0 Å². The van der Waals surface area contributed by atoms with Gasteiger partial charge in [0.1, 0.15) is 5.78 Å². The Balaban J connectivity index is 1.65. The van der Waals surface area contributed by atoms with Crippen molar-refractivity contribution in [3.8, 4) is 6.07 Å². The summed E-state index contributed by atoms with van der Waals surface area (Å²) in [6.07, 6.45) is 5.84. The smallest absolute Gasteiger partial charge is 0.137 e. The number of ketones is 1. The third-order valence-corrected chi connectivity index (χ3v) is 8.95. The minimum Gasteiger partial charge on any atom is -0.390 e. The van der Waals surface area contributed by atoms with Gasteiger partial charge in [0.25, 0.3) is 0 Å². The second-order valence-electron chi connectivity index (χ2n) is 10.7. The molecule has 0 spiro atoms. The van der Waals surface area contributed by atoms with Gasteiger partial charge < -0.3 is 9.84 Å². The summed E-state index contributed by atoms with van der Waals surface area (Å²) in [7, 11) is 0. The molecule has 0 bridgehead atoms. The predicted molar refractivity (Wildman–Crippen MR) is 103 cm³/mol. The summed E-state index contributed by atoms with van der Waals surface area (Å²) in [5, 5.41) is 20.3. The van der Waals surface area contributed by atoms with E-state index in [-0.39, 0.29) is 34.9 Å². The van der Waals surface area contributed by atoms with Crippen molar-refractivity contribution in [3.63, 3.8) is 0 Å². The van der Waals surface area contributed by atoms with Crippen LogP contribution in [0.15, 0.2) is 0 Å². The molecule has 0 unspecified atom stereocenters. The van der Waals surface area contributed by atoms with Crippen LogP contribution in [0.5, 0.6) is 0 Å². The Kier molecular flexibility index (Phi) is 4.71. The van der Waals surface area contributed by atoms with E-state index in [0.29, 0.717) is 30.0 Å². The number of carbonyl (C=O) groups is 1. The first-order valence-electron chi connectivity index (χ1n) is 11.0. The Morgan fingerprint density at radius 3 is 2.59 bits per heavy atom. The first-order valence-corrected chi connectivity index (χ1v) is 11.0. The van der Waals surface area contributed by atoms with Gasteiger partial charge in [0, 0.05) is 12.3 Å². The van der Waals surface area contributed by atoms with Crippen molar-refractivity contribution in [1.82, 2.24) is 0 Å². The summed E-state index contributed by atoms with van der Waals surface area (Å²) in [5.41, 5.74) is -0.205. The van der Waals surface area contributed by atoms with Crippen LogP contribution >= 0.6 is 0 Å². The molecule has 150 valence electrons. The molecule has 0 amide bonds. The lowest BCUT2D eigenvalue weighted by Gasteiger charge is -2.60. The summed E-state index contributed by atoms with van der Waals surface area (Å²) >= 11 is 0. The van der Waals surface area contributed by atoms with Crippen LogP contribution in [0.25, 0.3) is 0 Å².